The van der Waals surface area contributed by atoms with Gasteiger partial charge in [-0.15, -0.1) is 0 Å². The third-order valence-electron chi connectivity index (χ3n) is 4.51. The number of oxime groups is 1. The SMILES string of the molecule is CC(=O)OC[C@H]1O[C@@H](SC(Cc2ccccc2)=NO)[C@H](OC(C)=O)[C@@H](OC(C)=O)[C@@H]1OC(C)=O. The molecule has 0 radical (unpaired) electrons. The Balaban J connectivity index is 2.41. The van der Waals surface area contributed by atoms with Crippen molar-refractivity contribution >= 4 is 40.7 Å². The summed E-state index contributed by atoms with van der Waals surface area (Å²) in [5, 5.41) is 13.1. The van der Waals surface area contributed by atoms with Crippen LogP contribution in [-0.4, -0.2) is 70.6 Å². The number of hydrogen-bond acceptors (Lipinski definition) is 12. The summed E-state index contributed by atoms with van der Waals surface area (Å²) < 4.78 is 27.2. The second-order valence-electron chi connectivity index (χ2n) is 7.34. The zero-order chi connectivity index (χ0) is 25.3. The van der Waals surface area contributed by atoms with E-state index in [1.165, 1.54) is 6.92 Å². The average molecular weight is 498 g/mol. The van der Waals surface area contributed by atoms with Crippen molar-refractivity contribution in [2.45, 2.75) is 64.0 Å². The summed E-state index contributed by atoms with van der Waals surface area (Å²) in [6.07, 6.45) is -4.61. The molecule has 1 aromatic rings. The van der Waals surface area contributed by atoms with Crippen LogP contribution in [0, 0.1) is 0 Å². The molecule has 2 rings (SSSR count). The predicted molar refractivity (Wildman–Crippen MR) is 119 cm³/mol. The molecule has 1 N–H and O–H groups in total. The van der Waals surface area contributed by atoms with Gasteiger partial charge in [-0.2, -0.15) is 0 Å². The van der Waals surface area contributed by atoms with Crippen LogP contribution in [0.1, 0.15) is 33.3 Å². The largest absolute Gasteiger partial charge is 0.463 e. The lowest BCUT2D eigenvalue weighted by molar-refractivity contribution is -0.237. The zero-order valence-electron chi connectivity index (χ0n) is 19.2. The first-order valence-electron chi connectivity index (χ1n) is 10.3. The highest BCUT2D eigenvalue weighted by atomic mass is 32.2. The minimum absolute atomic E-state index is 0.215. The molecule has 1 heterocycles. The zero-order valence-corrected chi connectivity index (χ0v) is 20.0. The van der Waals surface area contributed by atoms with E-state index in [0.29, 0.717) is 0 Å². The highest BCUT2D eigenvalue weighted by Crippen LogP contribution is 2.35. The fraction of sp³-hybridized carbons (Fsp3) is 0.500. The van der Waals surface area contributed by atoms with Crippen LogP contribution in [-0.2, 0) is 49.3 Å². The van der Waals surface area contributed by atoms with E-state index in [1.807, 2.05) is 30.3 Å². The van der Waals surface area contributed by atoms with Crippen molar-refractivity contribution in [3.05, 3.63) is 35.9 Å². The molecule has 0 unspecified atom stereocenters. The molecule has 0 saturated carbocycles. The lowest BCUT2D eigenvalue weighted by Crippen LogP contribution is -2.61. The normalized spacial score (nSPS) is 24.6. The maximum absolute atomic E-state index is 11.9. The standard InChI is InChI=1S/C22H27NO10S/c1-12(24)29-11-17-19(30-13(2)25)20(31-14(3)26)21(32-15(4)27)22(33-17)34-18(23-28)10-16-8-6-5-7-9-16/h5-9,17,19-22,28H,10-11H2,1-4H3/t17-,19-,20+,21-,22+/m1/s1. The van der Waals surface area contributed by atoms with E-state index < -0.39 is 53.7 Å². The van der Waals surface area contributed by atoms with Crippen LogP contribution in [0.2, 0.25) is 0 Å². The highest BCUT2D eigenvalue weighted by molar-refractivity contribution is 8.14. The fourth-order valence-electron chi connectivity index (χ4n) is 3.29. The Bertz CT molecular complexity index is 906. The molecule has 0 amide bonds. The lowest BCUT2D eigenvalue weighted by atomic mass is 9.99. The second kappa shape index (κ2) is 12.9. The van der Waals surface area contributed by atoms with Gasteiger partial charge in [0, 0.05) is 34.1 Å². The van der Waals surface area contributed by atoms with Gasteiger partial charge in [-0.05, 0) is 5.56 Å². The molecular formula is C22H27NO10S. The van der Waals surface area contributed by atoms with Gasteiger partial charge in [0.15, 0.2) is 18.3 Å². The van der Waals surface area contributed by atoms with Crippen LogP contribution in [0.5, 0.6) is 0 Å². The van der Waals surface area contributed by atoms with E-state index in [2.05, 4.69) is 5.16 Å². The Morgan fingerprint density at radius 2 is 1.44 bits per heavy atom. The van der Waals surface area contributed by atoms with Crippen LogP contribution in [0.3, 0.4) is 0 Å². The average Bonchev–Trinajstić information content (AvgIpc) is 2.75. The Morgan fingerprint density at radius 3 is 1.97 bits per heavy atom. The molecular weight excluding hydrogens is 470 g/mol. The fourth-order valence-corrected chi connectivity index (χ4v) is 4.40. The van der Waals surface area contributed by atoms with Gasteiger partial charge in [0.2, 0.25) is 0 Å². The molecule has 1 saturated heterocycles. The van der Waals surface area contributed by atoms with Crippen LogP contribution in [0.15, 0.2) is 35.5 Å². The van der Waals surface area contributed by atoms with Gasteiger partial charge >= 0.3 is 23.9 Å². The van der Waals surface area contributed by atoms with E-state index in [9.17, 15) is 24.4 Å². The monoisotopic (exact) mass is 497 g/mol. The van der Waals surface area contributed by atoms with Gasteiger partial charge in [0.1, 0.15) is 23.2 Å². The summed E-state index contributed by atoms with van der Waals surface area (Å²) in [6, 6.07) is 9.15. The maximum Gasteiger partial charge on any atom is 0.303 e. The Labute approximate surface area is 200 Å². The summed E-state index contributed by atoms with van der Waals surface area (Å²) in [6.45, 7) is 4.30. The Morgan fingerprint density at radius 1 is 0.882 bits per heavy atom. The van der Waals surface area contributed by atoms with E-state index in [4.69, 9.17) is 23.7 Å². The molecule has 0 aliphatic carbocycles. The van der Waals surface area contributed by atoms with Crippen LogP contribution < -0.4 is 0 Å². The summed E-state index contributed by atoms with van der Waals surface area (Å²) in [7, 11) is 0. The molecule has 34 heavy (non-hydrogen) atoms. The molecule has 5 atom stereocenters. The van der Waals surface area contributed by atoms with E-state index in [0.717, 1.165) is 38.1 Å². The van der Waals surface area contributed by atoms with Crippen LogP contribution in [0.25, 0.3) is 0 Å². The summed E-state index contributed by atoms with van der Waals surface area (Å²) >= 11 is 0.929. The summed E-state index contributed by atoms with van der Waals surface area (Å²) in [5.41, 5.74) is -0.219. The third-order valence-corrected chi connectivity index (χ3v) is 5.62. The number of benzene rings is 1. The van der Waals surface area contributed by atoms with Crippen molar-refractivity contribution in [1.82, 2.24) is 0 Å². The van der Waals surface area contributed by atoms with Crippen molar-refractivity contribution in [3.8, 4) is 0 Å². The first-order valence-corrected chi connectivity index (χ1v) is 11.2. The quantitative estimate of drug-likeness (QED) is 0.140. The van der Waals surface area contributed by atoms with Gasteiger partial charge in [-0.3, -0.25) is 19.2 Å². The number of nitrogens with zero attached hydrogens (tertiary/aromatic N) is 1. The molecule has 12 heteroatoms. The molecule has 1 fully saturated rings. The van der Waals surface area contributed by atoms with Crippen molar-refractivity contribution in [2.24, 2.45) is 5.16 Å². The van der Waals surface area contributed by atoms with Gasteiger partial charge < -0.3 is 28.9 Å². The minimum atomic E-state index is -1.28. The molecule has 1 aliphatic heterocycles. The lowest BCUT2D eigenvalue weighted by Gasteiger charge is -2.44. The predicted octanol–water partition coefficient (Wildman–Crippen LogP) is 1.83. The Hall–Kier alpha value is -3.12. The van der Waals surface area contributed by atoms with E-state index >= 15 is 0 Å². The van der Waals surface area contributed by atoms with Gasteiger partial charge in [-0.25, -0.2) is 0 Å². The molecule has 11 nitrogen and oxygen atoms in total. The van der Waals surface area contributed by atoms with Crippen molar-refractivity contribution in [1.29, 1.82) is 0 Å². The molecule has 0 spiro atoms. The smallest absolute Gasteiger partial charge is 0.303 e. The second-order valence-corrected chi connectivity index (χ2v) is 8.51. The van der Waals surface area contributed by atoms with Crippen LogP contribution >= 0.6 is 11.8 Å². The molecule has 0 aromatic heterocycles. The highest BCUT2D eigenvalue weighted by Gasteiger charge is 2.52. The number of esters is 4. The van der Waals surface area contributed by atoms with Crippen molar-refractivity contribution < 1.29 is 48.1 Å². The summed E-state index contributed by atoms with van der Waals surface area (Å²) in [5.74, 6) is -2.76. The van der Waals surface area contributed by atoms with E-state index in [1.54, 1.807) is 0 Å². The number of ether oxygens (including phenoxy) is 5. The summed E-state index contributed by atoms with van der Waals surface area (Å²) in [4.78, 5) is 46.9. The minimum Gasteiger partial charge on any atom is -0.463 e. The Kier molecular flexibility index (Phi) is 10.3. The molecule has 1 aliphatic rings. The number of rotatable bonds is 8. The number of carbonyl (C=O) groups excluding carboxylic acids is 4. The first-order chi connectivity index (χ1) is 16.1. The number of carbonyl (C=O) groups is 4. The maximum atomic E-state index is 11.9. The van der Waals surface area contributed by atoms with Crippen LogP contribution in [0.4, 0.5) is 0 Å². The number of hydrogen-bond donors (Lipinski definition) is 1. The third kappa shape index (κ3) is 8.34. The van der Waals surface area contributed by atoms with Gasteiger partial charge in [0.05, 0.1) is 0 Å². The van der Waals surface area contributed by atoms with Gasteiger partial charge in [-0.1, -0.05) is 47.2 Å². The topological polar surface area (TPSA) is 147 Å². The molecule has 186 valence electrons. The first kappa shape index (κ1) is 27.1. The number of thioether (sulfide) groups is 1. The molecule has 1 aromatic carbocycles. The molecule has 0 bridgehead atoms. The van der Waals surface area contributed by atoms with Crippen molar-refractivity contribution in [2.75, 3.05) is 6.61 Å². The van der Waals surface area contributed by atoms with Crippen molar-refractivity contribution in [3.63, 3.8) is 0 Å². The van der Waals surface area contributed by atoms with Gasteiger partial charge in [0.25, 0.3) is 0 Å². The van der Waals surface area contributed by atoms with E-state index in [-0.39, 0.29) is 18.1 Å².